The van der Waals surface area contributed by atoms with E-state index in [9.17, 15) is 14.7 Å². The van der Waals surface area contributed by atoms with Gasteiger partial charge in [-0.2, -0.15) is 0 Å². The zero-order valence-corrected chi connectivity index (χ0v) is 15.0. The van der Waals surface area contributed by atoms with Crippen LogP contribution in [0.4, 0.5) is 0 Å². The first-order valence-corrected chi connectivity index (χ1v) is 9.34. The largest absolute Gasteiger partial charge is 0.480 e. The summed E-state index contributed by atoms with van der Waals surface area (Å²) in [7, 11) is 0. The highest BCUT2D eigenvalue weighted by Crippen LogP contribution is 2.22. The quantitative estimate of drug-likeness (QED) is 0.638. The molecule has 0 aliphatic heterocycles. The summed E-state index contributed by atoms with van der Waals surface area (Å²) in [5, 5.41) is 13.0. The number of amides is 1. The Bertz CT molecular complexity index is 859. The summed E-state index contributed by atoms with van der Waals surface area (Å²) < 4.78 is 1.14. The van der Waals surface area contributed by atoms with Gasteiger partial charge in [-0.1, -0.05) is 42.5 Å². The SMILES string of the molecule is O=C(CCCc1nc2ccccc2s1)N[C@H](Cc1ccccc1)C(=O)O. The van der Waals surface area contributed by atoms with Crippen molar-refractivity contribution in [2.75, 3.05) is 0 Å². The van der Waals surface area contributed by atoms with Crippen molar-refractivity contribution in [1.82, 2.24) is 10.3 Å². The summed E-state index contributed by atoms with van der Waals surface area (Å²) in [6.07, 6.45) is 1.92. The van der Waals surface area contributed by atoms with Crippen LogP contribution in [-0.2, 0) is 22.4 Å². The number of benzene rings is 2. The standard InChI is InChI=1S/C20H20N2O3S/c23-18(21-16(20(24)25)13-14-7-2-1-3-8-14)11-6-12-19-22-15-9-4-5-10-17(15)26-19/h1-5,7-10,16H,6,11-13H2,(H,21,23)(H,24,25)/t16-/m1/s1. The highest BCUT2D eigenvalue weighted by atomic mass is 32.1. The number of carboxylic acids is 1. The van der Waals surface area contributed by atoms with Crippen molar-refractivity contribution in [3.63, 3.8) is 0 Å². The molecule has 1 aromatic heterocycles. The third-order valence-electron chi connectivity index (χ3n) is 4.05. The van der Waals surface area contributed by atoms with Crippen LogP contribution in [0.25, 0.3) is 10.2 Å². The number of aliphatic carboxylic acids is 1. The van der Waals surface area contributed by atoms with Gasteiger partial charge in [-0.3, -0.25) is 4.79 Å². The number of carboxylic acid groups (broad SMARTS) is 1. The molecule has 1 heterocycles. The predicted molar refractivity (Wildman–Crippen MR) is 102 cm³/mol. The molecule has 5 nitrogen and oxygen atoms in total. The van der Waals surface area contributed by atoms with Crippen LogP contribution in [0.3, 0.4) is 0 Å². The van der Waals surface area contributed by atoms with E-state index >= 15 is 0 Å². The van der Waals surface area contributed by atoms with Crippen LogP contribution < -0.4 is 5.32 Å². The molecule has 3 rings (SSSR count). The van der Waals surface area contributed by atoms with E-state index in [2.05, 4.69) is 10.3 Å². The number of nitrogens with zero attached hydrogens (tertiary/aromatic N) is 1. The monoisotopic (exact) mass is 368 g/mol. The average Bonchev–Trinajstić information content (AvgIpc) is 3.04. The second-order valence-corrected chi connectivity index (χ2v) is 7.19. The van der Waals surface area contributed by atoms with Gasteiger partial charge in [-0.15, -0.1) is 11.3 Å². The van der Waals surface area contributed by atoms with E-state index in [-0.39, 0.29) is 18.7 Å². The molecular formula is C20H20N2O3S. The third kappa shape index (κ3) is 4.89. The molecule has 0 aliphatic carbocycles. The number of fused-ring (bicyclic) bond motifs is 1. The molecule has 0 saturated carbocycles. The van der Waals surface area contributed by atoms with Crippen LogP contribution in [0.1, 0.15) is 23.4 Å². The number of thiazole rings is 1. The Morgan fingerprint density at radius 2 is 1.81 bits per heavy atom. The Hall–Kier alpha value is -2.73. The number of aryl methyl sites for hydroxylation is 1. The number of nitrogens with one attached hydrogen (secondary N) is 1. The number of carbonyl (C=O) groups excluding carboxylic acids is 1. The lowest BCUT2D eigenvalue weighted by Gasteiger charge is -2.14. The van der Waals surface area contributed by atoms with E-state index in [1.165, 1.54) is 0 Å². The lowest BCUT2D eigenvalue weighted by molar-refractivity contribution is -0.141. The predicted octanol–water partition coefficient (Wildman–Crippen LogP) is 3.43. The summed E-state index contributed by atoms with van der Waals surface area (Å²) in [5.74, 6) is -1.26. The minimum Gasteiger partial charge on any atom is -0.480 e. The molecule has 0 saturated heterocycles. The van der Waals surface area contributed by atoms with Crippen LogP contribution >= 0.6 is 11.3 Å². The molecule has 2 aromatic carbocycles. The molecular weight excluding hydrogens is 348 g/mol. The molecule has 1 amide bonds. The lowest BCUT2D eigenvalue weighted by Crippen LogP contribution is -2.42. The van der Waals surface area contributed by atoms with E-state index in [1.807, 2.05) is 54.6 Å². The number of para-hydroxylation sites is 1. The Labute approximate surface area is 155 Å². The maximum atomic E-state index is 12.1. The number of hydrogen-bond acceptors (Lipinski definition) is 4. The summed E-state index contributed by atoms with van der Waals surface area (Å²) in [4.78, 5) is 28.1. The first-order valence-electron chi connectivity index (χ1n) is 8.52. The van der Waals surface area contributed by atoms with Gasteiger partial charge < -0.3 is 10.4 Å². The smallest absolute Gasteiger partial charge is 0.326 e. The normalized spacial score (nSPS) is 12.0. The van der Waals surface area contributed by atoms with Crippen molar-refractivity contribution < 1.29 is 14.7 Å². The van der Waals surface area contributed by atoms with Gasteiger partial charge in [0.2, 0.25) is 5.91 Å². The molecule has 0 aliphatic rings. The van der Waals surface area contributed by atoms with Gasteiger partial charge in [-0.25, -0.2) is 9.78 Å². The summed E-state index contributed by atoms with van der Waals surface area (Å²) in [6.45, 7) is 0. The van der Waals surface area contributed by atoms with Crippen molar-refractivity contribution in [2.45, 2.75) is 31.7 Å². The highest BCUT2D eigenvalue weighted by Gasteiger charge is 2.20. The molecule has 0 bridgehead atoms. The molecule has 134 valence electrons. The van der Waals surface area contributed by atoms with Crippen molar-refractivity contribution in [3.8, 4) is 0 Å². The molecule has 1 atom stereocenters. The Morgan fingerprint density at radius 3 is 2.54 bits per heavy atom. The van der Waals surface area contributed by atoms with Crippen LogP contribution in [0.2, 0.25) is 0 Å². The molecule has 26 heavy (non-hydrogen) atoms. The average molecular weight is 368 g/mol. The number of hydrogen-bond donors (Lipinski definition) is 2. The van der Waals surface area contributed by atoms with Crippen LogP contribution in [0, 0.1) is 0 Å². The van der Waals surface area contributed by atoms with Gasteiger partial charge in [0.05, 0.1) is 15.2 Å². The van der Waals surface area contributed by atoms with Gasteiger partial charge in [0.25, 0.3) is 0 Å². The van der Waals surface area contributed by atoms with E-state index < -0.39 is 12.0 Å². The maximum absolute atomic E-state index is 12.1. The minimum atomic E-state index is -1.02. The van der Waals surface area contributed by atoms with Crippen molar-refractivity contribution in [1.29, 1.82) is 0 Å². The number of aromatic nitrogens is 1. The molecule has 0 radical (unpaired) electrons. The molecule has 2 N–H and O–H groups in total. The second kappa shape index (κ2) is 8.58. The summed E-state index contributed by atoms with van der Waals surface area (Å²) >= 11 is 1.63. The fourth-order valence-corrected chi connectivity index (χ4v) is 3.75. The highest BCUT2D eigenvalue weighted by molar-refractivity contribution is 7.18. The van der Waals surface area contributed by atoms with Crippen molar-refractivity contribution in [3.05, 3.63) is 65.2 Å². The Kier molecular flexibility index (Phi) is 5.96. The van der Waals surface area contributed by atoms with E-state index in [0.29, 0.717) is 12.8 Å². The van der Waals surface area contributed by atoms with Gasteiger partial charge in [0.15, 0.2) is 0 Å². The number of rotatable bonds is 8. The Morgan fingerprint density at radius 1 is 1.08 bits per heavy atom. The number of carbonyl (C=O) groups is 2. The fourth-order valence-electron chi connectivity index (χ4n) is 2.74. The van der Waals surface area contributed by atoms with E-state index in [0.717, 1.165) is 20.8 Å². The zero-order chi connectivity index (χ0) is 18.4. The van der Waals surface area contributed by atoms with Crippen LogP contribution in [0.5, 0.6) is 0 Å². The van der Waals surface area contributed by atoms with Gasteiger partial charge in [-0.05, 0) is 30.5 Å². The Balaban J connectivity index is 1.49. The van der Waals surface area contributed by atoms with Gasteiger partial charge >= 0.3 is 5.97 Å². The van der Waals surface area contributed by atoms with Gasteiger partial charge in [0.1, 0.15) is 6.04 Å². The van der Waals surface area contributed by atoms with E-state index in [4.69, 9.17) is 0 Å². The summed E-state index contributed by atoms with van der Waals surface area (Å²) in [5.41, 5.74) is 1.86. The van der Waals surface area contributed by atoms with Crippen molar-refractivity contribution >= 4 is 33.4 Å². The first-order chi connectivity index (χ1) is 12.6. The molecule has 6 heteroatoms. The fraction of sp³-hybridized carbons (Fsp3) is 0.250. The molecule has 0 spiro atoms. The molecule has 0 unspecified atom stereocenters. The maximum Gasteiger partial charge on any atom is 0.326 e. The lowest BCUT2D eigenvalue weighted by atomic mass is 10.1. The van der Waals surface area contributed by atoms with Crippen LogP contribution in [0.15, 0.2) is 54.6 Å². The first kappa shape index (κ1) is 18.1. The minimum absolute atomic E-state index is 0.241. The molecule has 0 fully saturated rings. The van der Waals surface area contributed by atoms with Crippen LogP contribution in [-0.4, -0.2) is 28.0 Å². The van der Waals surface area contributed by atoms with Gasteiger partial charge in [0, 0.05) is 12.8 Å². The van der Waals surface area contributed by atoms with E-state index in [1.54, 1.807) is 11.3 Å². The zero-order valence-electron chi connectivity index (χ0n) is 14.2. The topological polar surface area (TPSA) is 79.3 Å². The third-order valence-corrected chi connectivity index (χ3v) is 5.14. The summed E-state index contributed by atoms with van der Waals surface area (Å²) in [6, 6.07) is 16.3. The second-order valence-electron chi connectivity index (χ2n) is 6.08. The van der Waals surface area contributed by atoms with Crippen molar-refractivity contribution in [2.24, 2.45) is 0 Å². The molecule has 3 aromatic rings.